The Hall–Kier alpha value is -1.26. The first-order chi connectivity index (χ1) is 14.2. The number of carbonyl (C=O) groups is 1. The van der Waals surface area contributed by atoms with Gasteiger partial charge in [0, 0.05) is 11.5 Å². The summed E-state index contributed by atoms with van der Waals surface area (Å²) in [6.45, 7) is 7.47. The largest absolute Gasteiger partial charge is 0.459 e. The highest BCUT2D eigenvalue weighted by atomic mass is 19.4. The van der Waals surface area contributed by atoms with Crippen LogP contribution in [-0.4, -0.2) is 53.4 Å². The van der Waals surface area contributed by atoms with Gasteiger partial charge in [-0.25, -0.2) is 4.79 Å². The van der Waals surface area contributed by atoms with E-state index in [1.807, 2.05) is 0 Å². The standard InChI is InChI=1S/C21H29F5O5/c1-5-18(6-2,31-16-10-29-20(28,19(16,22)23)21(24,25)26)14-8-12-7-13(14)15(9-12)30-17(27)11(3)4/h12-16,28H,3,5-10H2,1-2,4H3. The third-order valence-corrected chi connectivity index (χ3v) is 7.29. The smallest absolute Gasteiger partial charge is 0.449 e. The van der Waals surface area contributed by atoms with E-state index >= 15 is 0 Å². The van der Waals surface area contributed by atoms with Crippen molar-refractivity contribution in [3.05, 3.63) is 12.2 Å². The molecule has 1 saturated heterocycles. The van der Waals surface area contributed by atoms with Gasteiger partial charge in [0.1, 0.15) is 6.10 Å². The summed E-state index contributed by atoms with van der Waals surface area (Å²) in [5, 5.41) is 9.59. The van der Waals surface area contributed by atoms with E-state index in [0.717, 1.165) is 6.42 Å². The molecule has 3 rings (SSSR count). The van der Waals surface area contributed by atoms with Gasteiger partial charge < -0.3 is 19.3 Å². The third kappa shape index (κ3) is 3.78. The predicted octanol–water partition coefficient (Wildman–Crippen LogP) is 4.38. The molecule has 0 spiro atoms. The first-order valence-corrected chi connectivity index (χ1v) is 10.6. The van der Waals surface area contributed by atoms with Gasteiger partial charge >= 0.3 is 23.9 Å². The van der Waals surface area contributed by atoms with Crippen LogP contribution in [0.15, 0.2) is 12.2 Å². The number of esters is 1. The summed E-state index contributed by atoms with van der Waals surface area (Å²) in [6, 6.07) is 0. The SMILES string of the molecule is C=C(C)C(=O)OC1CC2CC1C(C(CC)(CC)OC1COC(O)(C(F)(F)F)C1(F)F)C2. The minimum Gasteiger partial charge on any atom is -0.459 e. The van der Waals surface area contributed by atoms with Crippen LogP contribution >= 0.6 is 0 Å². The Balaban J connectivity index is 1.83. The van der Waals surface area contributed by atoms with Crippen molar-refractivity contribution in [3.63, 3.8) is 0 Å². The molecular weight excluding hydrogens is 427 g/mol. The molecule has 1 N–H and O–H groups in total. The van der Waals surface area contributed by atoms with Gasteiger partial charge in [-0.1, -0.05) is 20.4 Å². The van der Waals surface area contributed by atoms with Crippen LogP contribution in [-0.2, 0) is 19.0 Å². The number of ether oxygens (including phenoxy) is 3. The third-order valence-electron chi connectivity index (χ3n) is 7.29. The molecule has 6 unspecified atom stereocenters. The Morgan fingerprint density at radius 2 is 1.81 bits per heavy atom. The normalized spacial score (nSPS) is 37.3. The highest BCUT2D eigenvalue weighted by Crippen LogP contribution is 2.58. The quantitative estimate of drug-likeness (QED) is 0.350. The van der Waals surface area contributed by atoms with Crippen LogP contribution in [0, 0.1) is 17.8 Å². The number of rotatable bonds is 7. The number of halogens is 5. The molecule has 3 aliphatic rings. The maximum atomic E-state index is 14.7. The van der Waals surface area contributed by atoms with Gasteiger partial charge in [-0.05, 0) is 50.9 Å². The molecule has 31 heavy (non-hydrogen) atoms. The number of hydrogen-bond donors (Lipinski definition) is 1. The average Bonchev–Trinajstić information content (AvgIpc) is 3.33. The van der Waals surface area contributed by atoms with Crippen LogP contribution in [0.4, 0.5) is 22.0 Å². The monoisotopic (exact) mass is 456 g/mol. The lowest BCUT2D eigenvalue weighted by Crippen LogP contribution is -2.61. The topological polar surface area (TPSA) is 65.0 Å². The van der Waals surface area contributed by atoms with E-state index in [2.05, 4.69) is 11.3 Å². The van der Waals surface area contributed by atoms with E-state index in [9.17, 15) is 31.9 Å². The molecule has 2 bridgehead atoms. The number of hydrogen-bond acceptors (Lipinski definition) is 5. The van der Waals surface area contributed by atoms with Crippen molar-refractivity contribution in [2.45, 2.75) is 88.6 Å². The molecule has 10 heteroatoms. The molecule has 5 nitrogen and oxygen atoms in total. The zero-order valence-corrected chi connectivity index (χ0v) is 17.8. The first kappa shape index (κ1) is 24.4. The summed E-state index contributed by atoms with van der Waals surface area (Å²) in [4.78, 5) is 12.0. The van der Waals surface area contributed by atoms with Crippen molar-refractivity contribution in [2.75, 3.05) is 6.61 Å². The Bertz CT molecular complexity index is 719. The van der Waals surface area contributed by atoms with Crippen molar-refractivity contribution in [1.29, 1.82) is 0 Å². The number of fused-ring (bicyclic) bond motifs is 2. The molecule has 6 atom stereocenters. The average molecular weight is 456 g/mol. The van der Waals surface area contributed by atoms with Gasteiger partial charge in [-0.15, -0.1) is 0 Å². The lowest BCUT2D eigenvalue weighted by molar-refractivity contribution is -0.407. The lowest BCUT2D eigenvalue weighted by atomic mass is 9.72. The highest BCUT2D eigenvalue weighted by molar-refractivity contribution is 5.87. The van der Waals surface area contributed by atoms with Gasteiger partial charge in [0.2, 0.25) is 0 Å². The zero-order valence-electron chi connectivity index (χ0n) is 17.8. The molecule has 0 amide bonds. The Kier molecular flexibility index (Phi) is 6.25. The minimum absolute atomic E-state index is 0.148. The molecule has 1 aliphatic heterocycles. The van der Waals surface area contributed by atoms with Crippen LogP contribution < -0.4 is 0 Å². The molecule has 2 aliphatic carbocycles. The van der Waals surface area contributed by atoms with Crippen LogP contribution in [0.25, 0.3) is 0 Å². The van der Waals surface area contributed by atoms with Crippen LogP contribution in [0.3, 0.4) is 0 Å². The number of carbonyl (C=O) groups excluding carboxylic acids is 1. The summed E-state index contributed by atoms with van der Waals surface area (Å²) >= 11 is 0. The van der Waals surface area contributed by atoms with Gasteiger partial charge in [0.25, 0.3) is 0 Å². The van der Waals surface area contributed by atoms with Crippen molar-refractivity contribution in [1.82, 2.24) is 0 Å². The molecular formula is C21H29F5O5. The summed E-state index contributed by atoms with van der Waals surface area (Å²) in [5.74, 6) is -10.0. The van der Waals surface area contributed by atoms with E-state index in [0.29, 0.717) is 12.8 Å². The Labute approximate surface area is 177 Å². The fourth-order valence-electron chi connectivity index (χ4n) is 5.57. The fourth-order valence-corrected chi connectivity index (χ4v) is 5.57. The van der Waals surface area contributed by atoms with E-state index < -0.39 is 48.3 Å². The van der Waals surface area contributed by atoms with Crippen LogP contribution in [0.2, 0.25) is 0 Å². The zero-order chi connectivity index (χ0) is 23.4. The number of alkyl halides is 5. The van der Waals surface area contributed by atoms with Gasteiger partial charge in [0.15, 0.2) is 6.10 Å². The Morgan fingerprint density at radius 3 is 2.26 bits per heavy atom. The highest BCUT2D eigenvalue weighted by Gasteiger charge is 2.78. The van der Waals surface area contributed by atoms with E-state index in [1.165, 1.54) is 6.92 Å². The van der Waals surface area contributed by atoms with Crippen LogP contribution in [0.5, 0.6) is 0 Å². The molecule has 178 valence electrons. The summed E-state index contributed by atoms with van der Waals surface area (Å²) in [5.41, 5.74) is -0.913. The van der Waals surface area contributed by atoms with Crippen LogP contribution in [0.1, 0.15) is 52.9 Å². The maximum Gasteiger partial charge on any atom is 0.449 e. The molecule has 0 radical (unpaired) electrons. The molecule has 1 heterocycles. The van der Waals surface area contributed by atoms with Crippen molar-refractivity contribution in [3.8, 4) is 0 Å². The van der Waals surface area contributed by atoms with Gasteiger partial charge in [0.05, 0.1) is 12.2 Å². The summed E-state index contributed by atoms with van der Waals surface area (Å²) < 4.78 is 84.1. The summed E-state index contributed by atoms with van der Waals surface area (Å²) in [7, 11) is 0. The second-order valence-electron chi connectivity index (χ2n) is 9.02. The van der Waals surface area contributed by atoms with Crippen molar-refractivity contribution in [2.24, 2.45) is 17.8 Å². The van der Waals surface area contributed by atoms with E-state index in [1.54, 1.807) is 13.8 Å². The van der Waals surface area contributed by atoms with Crippen molar-refractivity contribution >= 4 is 5.97 Å². The van der Waals surface area contributed by atoms with E-state index in [-0.39, 0.29) is 36.2 Å². The van der Waals surface area contributed by atoms with E-state index in [4.69, 9.17) is 9.47 Å². The second kappa shape index (κ2) is 7.95. The molecule has 3 fully saturated rings. The molecule has 2 saturated carbocycles. The van der Waals surface area contributed by atoms with Gasteiger partial charge in [-0.2, -0.15) is 22.0 Å². The fraction of sp³-hybridized carbons (Fsp3) is 0.857. The summed E-state index contributed by atoms with van der Waals surface area (Å²) in [6.07, 6.45) is -5.77. The molecule has 0 aromatic carbocycles. The minimum atomic E-state index is -5.68. The predicted molar refractivity (Wildman–Crippen MR) is 99.1 cm³/mol. The van der Waals surface area contributed by atoms with Crippen molar-refractivity contribution < 1.29 is 46.1 Å². The lowest BCUT2D eigenvalue weighted by Gasteiger charge is -2.46. The second-order valence-corrected chi connectivity index (χ2v) is 9.02. The Morgan fingerprint density at radius 1 is 1.19 bits per heavy atom. The first-order valence-electron chi connectivity index (χ1n) is 10.6. The number of aliphatic hydroxyl groups is 1. The molecule has 0 aromatic rings. The maximum absolute atomic E-state index is 14.7. The van der Waals surface area contributed by atoms with Gasteiger partial charge in [-0.3, -0.25) is 0 Å². The molecule has 0 aromatic heterocycles.